The normalized spacial score (nSPS) is 11.5. The van der Waals surface area contributed by atoms with Crippen LogP contribution in [0, 0.1) is 6.92 Å². The predicted molar refractivity (Wildman–Crippen MR) is 89.8 cm³/mol. The quantitative estimate of drug-likeness (QED) is 0.537. The zero-order chi connectivity index (χ0) is 16.5. The van der Waals surface area contributed by atoms with E-state index in [0.717, 1.165) is 11.1 Å². The van der Waals surface area contributed by atoms with Crippen molar-refractivity contribution in [3.8, 4) is 5.75 Å². The molecule has 122 valence electrons. The van der Waals surface area contributed by atoms with Crippen LogP contribution in [0.4, 0.5) is 0 Å². The van der Waals surface area contributed by atoms with Crippen LogP contribution in [-0.4, -0.2) is 37.9 Å². The minimum Gasteiger partial charge on any atom is -0.496 e. The fourth-order valence-corrected chi connectivity index (χ4v) is 2.19. The van der Waals surface area contributed by atoms with Crippen LogP contribution in [0.5, 0.6) is 5.75 Å². The number of carbonyl (C=O) groups excluding carboxylic acids is 1. The molecule has 0 saturated heterocycles. The number of aryl methyl sites for hydroxylation is 1. The Hall–Kier alpha value is -1.86. The van der Waals surface area contributed by atoms with Gasteiger partial charge in [-0.15, -0.1) is 0 Å². The molecular formula is C15H23N3O3S. The van der Waals surface area contributed by atoms with Gasteiger partial charge in [0.25, 0.3) is 0 Å². The van der Waals surface area contributed by atoms with Gasteiger partial charge in [-0.2, -0.15) is 0 Å². The van der Waals surface area contributed by atoms with Gasteiger partial charge in [0.2, 0.25) is 5.91 Å². The Labute approximate surface area is 136 Å². The summed E-state index contributed by atoms with van der Waals surface area (Å²) in [5.74, 6) is 0.489. The van der Waals surface area contributed by atoms with E-state index < -0.39 is 0 Å². The molecule has 0 aliphatic rings. The molecule has 0 aromatic heterocycles. The molecule has 0 radical (unpaired) electrons. The molecule has 0 fully saturated rings. The highest BCUT2D eigenvalue weighted by Gasteiger charge is 2.10. The average Bonchev–Trinajstić information content (AvgIpc) is 2.45. The summed E-state index contributed by atoms with van der Waals surface area (Å²) in [6, 6.07) is 5.77. The highest BCUT2D eigenvalue weighted by Crippen LogP contribution is 2.19. The minimum absolute atomic E-state index is 0.0544. The van der Waals surface area contributed by atoms with Gasteiger partial charge in [0, 0.05) is 18.7 Å². The van der Waals surface area contributed by atoms with Crippen molar-refractivity contribution in [2.24, 2.45) is 0 Å². The number of rotatable bonds is 6. The van der Waals surface area contributed by atoms with Gasteiger partial charge in [-0.3, -0.25) is 15.6 Å². The van der Waals surface area contributed by atoms with Crippen molar-refractivity contribution in [3.63, 3.8) is 0 Å². The monoisotopic (exact) mass is 325 g/mol. The van der Waals surface area contributed by atoms with Crippen LogP contribution in [0.1, 0.15) is 18.1 Å². The molecule has 7 heteroatoms. The van der Waals surface area contributed by atoms with Crippen LogP contribution in [0.25, 0.3) is 0 Å². The summed E-state index contributed by atoms with van der Waals surface area (Å²) < 4.78 is 10.2. The van der Waals surface area contributed by atoms with E-state index >= 15 is 0 Å². The smallest absolute Gasteiger partial charge is 0.242 e. The number of thiocarbonyl (C=S) groups is 1. The van der Waals surface area contributed by atoms with E-state index in [2.05, 4.69) is 16.2 Å². The first-order chi connectivity index (χ1) is 10.5. The fourth-order valence-electron chi connectivity index (χ4n) is 1.94. The highest BCUT2D eigenvalue weighted by atomic mass is 32.1. The Bertz CT molecular complexity index is 523. The molecule has 0 bridgehead atoms. The van der Waals surface area contributed by atoms with Gasteiger partial charge in [0.05, 0.1) is 20.1 Å². The van der Waals surface area contributed by atoms with E-state index in [0.29, 0.717) is 17.5 Å². The Morgan fingerprint density at radius 1 is 1.32 bits per heavy atom. The van der Waals surface area contributed by atoms with Gasteiger partial charge in [0.1, 0.15) is 5.75 Å². The van der Waals surface area contributed by atoms with Crippen molar-refractivity contribution < 1.29 is 14.3 Å². The van der Waals surface area contributed by atoms with Crippen LogP contribution >= 0.6 is 12.2 Å². The molecule has 1 aromatic carbocycles. The number of carbonyl (C=O) groups is 1. The summed E-state index contributed by atoms with van der Waals surface area (Å²) >= 11 is 5.08. The van der Waals surface area contributed by atoms with E-state index in [4.69, 9.17) is 21.7 Å². The number of benzene rings is 1. The van der Waals surface area contributed by atoms with E-state index in [9.17, 15) is 4.79 Å². The summed E-state index contributed by atoms with van der Waals surface area (Å²) in [4.78, 5) is 12.0. The number of amides is 1. The summed E-state index contributed by atoms with van der Waals surface area (Å²) in [7, 11) is 3.20. The number of methoxy groups -OCH3 is 2. The number of ether oxygens (including phenoxy) is 2. The van der Waals surface area contributed by atoms with E-state index in [-0.39, 0.29) is 18.4 Å². The largest absolute Gasteiger partial charge is 0.496 e. The third kappa shape index (κ3) is 6.28. The standard InChI is InChI=1S/C15H23N3O3S/c1-10-5-6-13(21-4)12(7-10)8-14(19)17-18-15(22)16-11(2)9-20-3/h5-7,11H,8-9H2,1-4H3,(H,17,19)(H2,16,18,22)/t11-/m0/s1. The third-order valence-corrected chi connectivity index (χ3v) is 3.12. The van der Waals surface area contributed by atoms with Gasteiger partial charge >= 0.3 is 0 Å². The molecule has 1 rings (SSSR count). The Morgan fingerprint density at radius 3 is 2.68 bits per heavy atom. The first-order valence-corrected chi connectivity index (χ1v) is 7.35. The van der Waals surface area contributed by atoms with Crippen molar-refractivity contribution in [2.75, 3.05) is 20.8 Å². The van der Waals surface area contributed by atoms with Crippen molar-refractivity contribution in [1.82, 2.24) is 16.2 Å². The maximum Gasteiger partial charge on any atom is 0.242 e. The van der Waals surface area contributed by atoms with Crippen molar-refractivity contribution in [1.29, 1.82) is 0 Å². The molecule has 0 aliphatic carbocycles. The van der Waals surface area contributed by atoms with Crippen LogP contribution in [0.3, 0.4) is 0 Å². The lowest BCUT2D eigenvalue weighted by atomic mass is 10.1. The zero-order valence-corrected chi connectivity index (χ0v) is 14.2. The minimum atomic E-state index is -0.201. The molecule has 0 aliphatic heterocycles. The lowest BCUT2D eigenvalue weighted by Gasteiger charge is -2.16. The van der Waals surface area contributed by atoms with Crippen LogP contribution in [0.15, 0.2) is 18.2 Å². The molecule has 22 heavy (non-hydrogen) atoms. The Kier molecular flexibility index (Phi) is 7.62. The van der Waals surface area contributed by atoms with Gasteiger partial charge < -0.3 is 14.8 Å². The number of hydrogen-bond acceptors (Lipinski definition) is 4. The Balaban J connectivity index is 2.47. The first kappa shape index (κ1) is 18.2. The second-order valence-electron chi connectivity index (χ2n) is 5.00. The SMILES string of the molecule is COC[C@H](C)NC(=S)NNC(=O)Cc1cc(C)ccc1OC. The zero-order valence-electron chi connectivity index (χ0n) is 13.4. The summed E-state index contributed by atoms with van der Waals surface area (Å²) in [6.45, 7) is 4.42. The molecule has 0 heterocycles. The van der Waals surface area contributed by atoms with Gasteiger partial charge in [-0.05, 0) is 32.1 Å². The molecule has 3 N–H and O–H groups in total. The predicted octanol–water partition coefficient (Wildman–Crippen LogP) is 1.08. The molecular weight excluding hydrogens is 302 g/mol. The third-order valence-electron chi connectivity index (χ3n) is 2.90. The highest BCUT2D eigenvalue weighted by molar-refractivity contribution is 7.80. The first-order valence-electron chi connectivity index (χ1n) is 6.94. The van der Waals surface area contributed by atoms with Crippen LogP contribution < -0.4 is 20.9 Å². The second kappa shape index (κ2) is 9.22. The van der Waals surface area contributed by atoms with Gasteiger partial charge in [-0.25, -0.2) is 0 Å². The maximum atomic E-state index is 12.0. The van der Waals surface area contributed by atoms with E-state index in [1.807, 2.05) is 32.0 Å². The topological polar surface area (TPSA) is 71.6 Å². The summed E-state index contributed by atoms with van der Waals surface area (Å²) in [5, 5.41) is 3.33. The molecule has 1 amide bonds. The summed E-state index contributed by atoms with van der Waals surface area (Å²) in [5.41, 5.74) is 7.13. The molecule has 6 nitrogen and oxygen atoms in total. The molecule has 1 aromatic rings. The van der Waals surface area contributed by atoms with Crippen LogP contribution in [0.2, 0.25) is 0 Å². The number of hydrazine groups is 1. The fraction of sp³-hybridized carbons (Fsp3) is 0.467. The molecule has 1 atom stereocenters. The van der Waals surface area contributed by atoms with Crippen molar-refractivity contribution >= 4 is 23.2 Å². The Morgan fingerprint density at radius 2 is 2.05 bits per heavy atom. The summed E-state index contributed by atoms with van der Waals surface area (Å²) in [6.07, 6.45) is 0.202. The van der Waals surface area contributed by atoms with E-state index in [1.165, 1.54) is 0 Å². The van der Waals surface area contributed by atoms with E-state index in [1.54, 1.807) is 14.2 Å². The van der Waals surface area contributed by atoms with Crippen molar-refractivity contribution in [2.45, 2.75) is 26.3 Å². The molecule has 0 unspecified atom stereocenters. The number of hydrogen-bond donors (Lipinski definition) is 3. The molecule has 0 spiro atoms. The lowest BCUT2D eigenvalue weighted by Crippen LogP contribution is -2.50. The second-order valence-corrected chi connectivity index (χ2v) is 5.40. The van der Waals surface area contributed by atoms with Gasteiger partial charge in [-0.1, -0.05) is 17.7 Å². The number of nitrogens with one attached hydrogen (secondary N) is 3. The maximum absolute atomic E-state index is 12.0. The molecule has 0 saturated carbocycles. The van der Waals surface area contributed by atoms with Crippen molar-refractivity contribution in [3.05, 3.63) is 29.3 Å². The average molecular weight is 325 g/mol. The van der Waals surface area contributed by atoms with Crippen LogP contribution in [-0.2, 0) is 16.0 Å². The lowest BCUT2D eigenvalue weighted by molar-refractivity contribution is -0.121. The van der Waals surface area contributed by atoms with Gasteiger partial charge in [0.15, 0.2) is 5.11 Å².